The Morgan fingerprint density at radius 3 is 2.09 bits per heavy atom. The minimum atomic E-state index is -0.910. The molecule has 0 radical (unpaired) electrons. The number of carbonyl (C=O) groups excluding carboxylic acids is 1. The summed E-state index contributed by atoms with van der Waals surface area (Å²) in [6.07, 6.45) is 0.0885. The van der Waals surface area contributed by atoms with Gasteiger partial charge < -0.3 is 9.84 Å². The van der Waals surface area contributed by atoms with Gasteiger partial charge in [-0.2, -0.15) is 0 Å². The maximum Gasteiger partial charge on any atom is 0.317 e. The number of ketones is 1. The quantitative estimate of drug-likeness (QED) is 0.424. The van der Waals surface area contributed by atoms with Crippen LogP contribution in [0.25, 0.3) is 0 Å². The highest BCUT2D eigenvalue weighted by Crippen LogP contribution is 2.26. The van der Waals surface area contributed by atoms with Gasteiger partial charge in [0.2, 0.25) is 0 Å². The molecule has 0 aliphatic heterocycles. The molecule has 0 fully saturated rings. The van der Waals surface area contributed by atoms with Crippen molar-refractivity contribution in [2.45, 2.75) is 12.5 Å². The van der Waals surface area contributed by atoms with Crippen molar-refractivity contribution in [1.82, 2.24) is 4.90 Å². The minimum Gasteiger partial charge on any atom is -0.486 e. The lowest BCUT2D eigenvalue weighted by Gasteiger charge is -2.22. The number of carbonyl (C=O) groups is 2. The number of likely N-dealkylation sites (N-methyl/N-ethyl adjacent to an activating group) is 1. The average Bonchev–Trinajstić information content (AvgIpc) is 2.77. The first-order chi connectivity index (χ1) is 15.3. The van der Waals surface area contributed by atoms with Crippen molar-refractivity contribution < 1.29 is 23.8 Å². The fraction of sp³-hybridized carbons (Fsp3) is 0.200. The first-order valence-corrected chi connectivity index (χ1v) is 10.4. The van der Waals surface area contributed by atoms with Crippen LogP contribution < -0.4 is 4.74 Å². The van der Waals surface area contributed by atoms with E-state index in [1.54, 1.807) is 72.6 Å². The lowest BCUT2D eigenvalue weighted by molar-refractivity contribution is -0.138. The zero-order valence-corrected chi connectivity index (χ0v) is 18.3. The van der Waals surface area contributed by atoms with Gasteiger partial charge in [-0.05, 0) is 73.3 Å². The van der Waals surface area contributed by atoms with Crippen molar-refractivity contribution in [3.05, 3.63) is 100 Å². The summed E-state index contributed by atoms with van der Waals surface area (Å²) in [5, 5.41) is 9.51. The Labute approximate surface area is 191 Å². The first kappa shape index (κ1) is 23.4. The zero-order valence-electron chi connectivity index (χ0n) is 17.5. The third-order valence-corrected chi connectivity index (χ3v) is 5.17. The number of rotatable bonds is 10. The molecule has 0 aromatic heterocycles. The van der Waals surface area contributed by atoms with E-state index in [1.165, 1.54) is 12.1 Å². The summed E-state index contributed by atoms with van der Waals surface area (Å²) in [5.41, 5.74) is 1.82. The highest BCUT2D eigenvalue weighted by atomic mass is 35.5. The summed E-state index contributed by atoms with van der Waals surface area (Å²) in [4.78, 5) is 25.2. The molecule has 0 aliphatic rings. The van der Waals surface area contributed by atoms with Crippen LogP contribution in [0.2, 0.25) is 5.02 Å². The molecule has 0 spiro atoms. The number of aliphatic carboxylic acids is 1. The van der Waals surface area contributed by atoms with Gasteiger partial charge in [0.25, 0.3) is 0 Å². The van der Waals surface area contributed by atoms with E-state index in [4.69, 9.17) is 21.4 Å². The van der Waals surface area contributed by atoms with Crippen molar-refractivity contribution in [1.29, 1.82) is 0 Å². The van der Waals surface area contributed by atoms with Crippen LogP contribution in [-0.2, 0) is 4.79 Å². The lowest BCUT2D eigenvalue weighted by atomic mass is 10.0. The molecule has 3 rings (SSSR count). The Hall–Kier alpha value is -3.22. The van der Waals surface area contributed by atoms with Crippen molar-refractivity contribution in [3.8, 4) is 5.75 Å². The highest BCUT2D eigenvalue weighted by molar-refractivity contribution is 6.30. The standard InChI is InChI=1S/C25H23ClFNO4/c1-28(16-24(29)30)15-14-23(17-4-10-21(27)11-5-17)32-22-12-6-19(7-13-22)25(31)18-2-8-20(26)9-3-18/h2-13,23H,14-16H2,1H3,(H,29,30). The molecule has 166 valence electrons. The number of halogens is 2. The summed E-state index contributed by atoms with van der Waals surface area (Å²) >= 11 is 5.88. The molecule has 1 N–H and O–H groups in total. The SMILES string of the molecule is CN(CCC(Oc1ccc(C(=O)c2ccc(Cl)cc2)cc1)c1ccc(F)cc1)CC(=O)O. The van der Waals surface area contributed by atoms with Crippen LogP contribution in [0.3, 0.4) is 0 Å². The van der Waals surface area contributed by atoms with Gasteiger partial charge in [0.15, 0.2) is 5.78 Å². The van der Waals surface area contributed by atoms with Gasteiger partial charge in [-0.3, -0.25) is 14.5 Å². The van der Waals surface area contributed by atoms with Crippen LogP contribution in [0.15, 0.2) is 72.8 Å². The van der Waals surface area contributed by atoms with Gasteiger partial charge in [0.1, 0.15) is 17.7 Å². The molecule has 0 aliphatic carbocycles. The van der Waals surface area contributed by atoms with Gasteiger partial charge in [-0.25, -0.2) is 4.39 Å². The summed E-state index contributed by atoms with van der Waals surface area (Å²) < 4.78 is 19.5. The predicted octanol–water partition coefficient (Wildman–Crippen LogP) is 5.24. The monoisotopic (exact) mass is 455 g/mol. The Morgan fingerprint density at radius 2 is 1.53 bits per heavy atom. The van der Waals surface area contributed by atoms with Crippen molar-refractivity contribution in [2.75, 3.05) is 20.1 Å². The van der Waals surface area contributed by atoms with Gasteiger partial charge >= 0.3 is 5.97 Å². The van der Waals surface area contributed by atoms with Crippen LogP contribution in [0.4, 0.5) is 4.39 Å². The van der Waals surface area contributed by atoms with Gasteiger partial charge in [-0.1, -0.05) is 23.7 Å². The smallest absolute Gasteiger partial charge is 0.317 e. The summed E-state index contributed by atoms with van der Waals surface area (Å²) in [6, 6.07) is 19.5. The van der Waals surface area contributed by atoms with Crippen molar-refractivity contribution in [3.63, 3.8) is 0 Å². The van der Waals surface area contributed by atoms with E-state index in [2.05, 4.69) is 0 Å². The van der Waals surface area contributed by atoms with E-state index in [9.17, 15) is 14.0 Å². The molecule has 1 unspecified atom stereocenters. The fourth-order valence-electron chi connectivity index (χ4n) is 3.24. The van der Waals surface area contributed by atoms with E-state index >= 15 is 0 Å². The topological polar surface area (TPSA) is 66.8 Å². The molecular weight excluding hydrogens is 433 g/mol. The van der Waals surface area contributed by atoms with Crippen LogP contribution in [0.5, 0.6) is 5.75 Å². The number of benzene rings is 3. The Bertz CT molecular complexity index is 1050. The van der Waals surface area contributed by atoms with Crippen molar-refractivity contribution >= 4 is 23.4 Å². The van der Waals surface area contributed by atoms with Gasteiger partial charge in [0, 0.05) is 29.1 Å². The molecule has 0 saturated carbocycles. The first-order valence-electron chi connectivity index (χ1n) is 10.0. The van der Waals surface area contributed by atoms with E-state index in [1.807, 2.05) is 0 Å². The molecule has 0 bridgehead atoms. The van der Waals surface area contributed by atoms with E-state index in [0.717, 1.165) is 5.56 Å². The third-order valence-electron chi connectivity index (χ3n) is 4.92. The molecule has 0 heterocycles. The Balaban J connectivity index is 1.73. The maximum atomic E-state index is 13.4. The van der Waals surface area contributed by atoms with Crippen LogP contribution in [0, 0.1) is 5.82 Å². The van der Waals surface area contributed by atoms with Gasteiger partial charge in [0.05, 0.1) is 6.54 Å². The Kier molecular flexibility index (Phi) is 7.98. The molecule has 3 aromatic rings. The van der Waals surface area contributed by atoms with Crippen LogP contribution in [-0.4, -0.2) is 41.9 Å². The number of carboxylic acid groups (broad SMARTS) is 1. The van der Waals surface area contributed by atoms with E-state index < -0.39 is 12.1 Å². The minimum absolute atomic E-state index is 0.0857. The summed E-state index contributed by atoms with van der Waals surface area (Å²) in [7, 11) is 1.72. The molecule has 5 nitrogen and oxygen atoms in total. The summed E-state index contributed by atoms with van der Waals surface area (Å²) in [5.74, 6) is -0.834. The highest BCUT2D eigenvalue weighted by Gasteiger charge is 2.17. The second-order valence-corrected chi connectivity index (χ2v) is 7.88. The molecule has 1 atom stereocenters. The fourth-order valence-corrected chi connectivity index (χ4v) is 3.36. The summed E-state index contributed by atoms with van der Waals surface area (Å²) in [6.45, 7) is 0.388. The normalized spacial score (nSPS) is 11.9. The average molecular weight is 456 g/mol. The Morgan fingerprint density at radius 1 is 0.969 bits per heavy atom. The van der Waals surface area contributed by atoms with Gasteiger partial charge in [-0.15, -0.1) is 0 Å². The molecular formula is C25H23ClFNO4. The molecule has 0 saturated heterocycles. The predicted molar refractivity (Wildman–Crippen MR) is 121 cm³/mol. The lowest BCUT2D eigenvalue weighted by Crippen LogP contribution is -2.28. The number of nitrogens with zero attached hydrogens (tertiary/aromatic N) is 1. The largest absolute Gasteiger partial charge is 0.486 e. The second kappa shape index (κ2) is 10.9. The van der Waals surface area contributed by atoms with Crippen LogP contribution >= 0.6 is 11.6 Å². The second-order valence-electron chi connectivity index (χ2n) is 7.44. The number of hydrogen-bond donors (Lipinski definition) is 1. The third kappa shape index (κ3) is 6.64. The van der Waals surface area contributed by atoms with Crippen LogP contribution in [0.1, 0.15) is 34.0 Å². The molecule has 0 amide bonds. The number of carboxylic acids is 1. The van der Waals surface area contributed by atoms with E-state index in [-0.39, 0.29) is 18.1 Å². The zero-order chi connectivity index (χ0) is 23.1. The number of hydrogen-bond acceptors (Lipinski definition) is 4. The van der Waals surface area contributed by atoms with E-state index in [0.29, 0.717) is 34.9 Å². The molecule has 7 heteroatoms. The van der Waals surface area contributed by atoms with Crippen molar-refractivity contribution in [2.24, 2.45) is 0 Å². The maximum absolute atomic E-state index is 13.4. The number of ether oxygens (including phenoxy) is 1. The molecule has 3 aromatic carbocycles. The molecule has 32 heavy (non-hydrogen) atoms.